The summed E-state index contributed by atoms with van der Waals surface area (Å²) in [4.78, 5) is 0. The summed E-state index contributed by atoms with van der Waals surface area (Å²) >= 11 is 5.24. The van der Waals surface area contributed by atoms with Crippen LogP contribution in [0.5, 0.6) is 0 Å². The van der Waals surface area contributed by atoms with Gasteiger partial charge in [-0.25, -0.2) is 0 Å². The second kappa shape index (κ2) is 5.04. The van der Waals surface area contributed by atoms with Crippen LogP contribution in [0.4, 0.5) is 0 Å². The molecule has 2 rings (SSSR count). The first kappa shape index (κ1) is 10.3. The van der Waals surface area contributed by atoms with Gasteiger partial charge in [0.1, 0.15) is 0 Å². The van der Waals surface area contributed by atoms with Gasteiger partial charge in [-0.2, -0.15) is 0 Å². The third kappa shape index (κ3) is 2.42. The summed E-state index contributed by atoms with van der Waals surface area (Å²) in [5.74, 6) is 1.08. The highest BCUT2D eigenvalue weighted by Gasteiger charge is 2.11. The molecule has 15 heavy (non-hydrogen) atoms. The second-order valence-corrected chi connectivity index (χ2v) is 3.87. The quantitative estimate of drug-likeness (QED) is 0.722. The van der Waals surface area contributed by atoms with Crippen LogP contribution in [-0.2, 0) is 0 Å². The van der Waals surface area contributed by atoms with E-state index < -0.39 is 0 Å². The van der Waals surface area contributed by atoms with E-state index in [1.54, 1.807) is 0 Å². The molecule has 0 aromatic heterocycles. The summed E-state index contributed by atoms with van der Waals surface area (Å²) in [6, 6.07) is 20.9. The van der Waals surface area contributed by atoms with Gasteiger partial charge in [-0.05, 0) is 11.1 Å². The Morgan fingerprint density at radius 2 is 1.13 bits per heavy atom. The molecule has 0 aliphatic heterocycles. The molecule has 1 radical (unpaired) electrons. The fourth-order valence-corrected chi connectivity index (χ4v) is 2.14. The van der Waals surface area contributed by atoms with Crippen molar-refractivity contribution in [3.05, 3.63) is 71.8 Å². The van der Waals surface area contributed by atoms with E-state index in [4.69, 9.17) is 12.6 Å². The molecule has 0 saturated carbocycles. The zero-order chi connectivity index (χ0) is 10.5. The van der Waals surface area contributed by atoms with Crippen molar-refractivity contribution in [1.29, 1.82) is 0 Å². The normalized spacial score (nSPS) is 10.5. The summed E-state index contributed by atoms with van der Waals surface area (Å²) in [6.45, 7) is 0. The molecule has 0 spiro atoms. The predicted octanol–water partition coefficient (Wildman–Crippen LogP) is 4.02. The number of benzene rings is 2. The van der Waals surface area contributed by atoms with E-state index in [1.807, 2.05) is 12.1 Å². The van der Waals surface area contributed by atoms with Crippen LogP contribution < -0.4 is 0 Å². The molecule has 2 aromatic carbocycles. The third-order valence-corrected chi connectivity index (χ3v) is 2.90. The Balaban J connectivity index is 2.34. The molecule has 0 aliphatic carbocycles. The first-order chi connectivity index (χ1) is 7.42. The van der Waals surface area contributed by atoms with Gasteiger partial charge >= 0.3 is 0 Å². The molecule has 0 saturated heterocycles. The van der Waals surface area contributed by atoms with Crippen molar-refractivity contribution in [3.8, 4) is 0 Å². The van der Waals surface area contributed by atoms with Crippen LogP contribution in [0.3, 0.4) is 0 Å². The molecule has 0 amide bonds. The van der Waals surface area contributed by atoms with Crippen LogP contribution in [0.2, 0.25) is 0 Å². The summed E-state index contributed by atoms with van der Waals surface area (Å²) in [7, 11) is 0. The van der Waals surface area contributed by atoms with Gasteiger partial charge in [-0.1, -0.05) is 73.3 Å². The van der Waals surface area contributed by atoms with Crippen molar-refractivity contribution in [2.24, 2.45) is 0 Å². The van der Waals surface area contributed by atoms with Crippen LogP contribution in [-0.4, -0.2) is 5.75 Å². The zero-order valence-electron chi connectivity index (χ0n) is 8.47. The van der Waals surface area contributed by atoms with Gasteiger partial charge in [0.15, 0.2) is 0 Å². The fourth-order valence-electron chi connectivity index (χ4n) is 1.76. The van der Waals surface area contributed by atoms with Crippen LogP contribution in [0.25, 0.3) is 0 Å². The number of rotatable bonds is 3. The molecule has 0 bridgehead atoms. The van der Waals surface area contributed by atoms with Gasteiger partial charge < -0.3 is 0 Å². The second-order valence-electron chi connectivity index (χ2n) is 3.54. The minimum atomic E-state index is 0.349. The molecule has 0 atom stereocenters. The summed E-state index contributed by atoms with van der Waals surface area (Å²) < 4.78 is 0. The standard InChI is InChI=1S/C14H13S/c15-11-14(12-7-3-1-4-8-12)13-9-5-2-6-10-13/h1-10,14H,11H2. The van der Waals surface area contributed by atoms with Crippen LogP contribution >= 0.6 is 12.6 Å². The lowest BCUT2D eigenvalue weighted by molar-refractivity contribution is 0.940. The summed E-state index contributed by atoms with van der Waals surface area (Å²) in [6.07, 6.45) is 0. The highest BCUT2D eigenvalue weighted by molar-refractivity contribution is 7.80. The Morgan fingerprint density at radius 1 is 0.733 bits per heavy atom. The molecule has 0 fully saturated rings. The average molecular weight is 213 g/mol. The van der Waals surface area contributed by atoms with Crippen molar-refractivity contribution in [2.45, 2.75) is 5.92 Å². The minimum Gasteiger partial charge on any atom is -0.0931 e. The maximum atomic E-state index is 5.24. The zero-order valence-corrected chi connectivity index (χ0v) is 9.28. The Labute approximate surface area is 96.4 Å². The van der Waals surface area contributed by atoms with Gasteiger partial charge in [0.05, 0.1) is 0 Å². The van der Waals surface area contributed by atoms with Crippen LogP contribution in [0, 0.1) is 0 Å². The van der Waals surface area contributed by atoms with Crippen molar-refractivity contribution in [2.75, 3.05) is 5.75 Å². The molecule has 0 aliphatic rings. The van der Waals surface area contributed by atoms with Crippen molar-refractivity contribution in [3.63, 3.8) is 0 Å². The Hall–Kier alpha value is -1.21. The highest BCUT2D eigenvalue weighted by atomic mass is 32.1. The summed E-state index contributed by atoms with van der Waals surface area (Å²) in [5, 5.41) is 0. The topological polar surface area (TPSA) is 0 Å². The van der Waals surface area contributed by atoms with E-state index in [9.17, 15) is 0 Å². The fraction of sp³-hybridized carbons (Fsp3) is 0.143. The van der Waals surface area contributed by atoms with E-state index in [0.29, 0.717) is 5.92 Å². The highest BCUT2D eigenvalue weighted by Crippen LogP contribution is 2.25. The van der Waals surface area contributed by atoms with E-state index >= 15 is 0 Å². The van der Waals surface area contributed by atoms with Gasteiger partial charge in [-0.3, -0.25) is 0 Å². The van der Waals surface area contributed by atoms with Gasteiger partial charge in [0.2, 0.25) is 0 Å². The smallest absolute Gasteiger partial charge is 0.0188 e. The maximum Gasteiger partial charge on any atom is 0.0188 e. The molecular formula is C14H13S. The van der Waals surface area contributed by atoms with Crippen LogP contribution in [0.15, 0.2) is 60.7 Å². The summed E-state index contributed by atoms with van der Waals surface area (Å²) in [5.41, 5.74) is 2.61. The first-order valence-corrected chi connectivity index (χ1v) is 5.67. The SMILES string of the molecule is [S]CC(c1ccccc1)c1ccccc1. The van der Waals surface area contributed by atoms with E-state index in [1.165, 1.54) is 11.1 Å². The predicted molar refractivity (Wildman–Crippen MR) is 67.2 cm³/mol. The minimum absolute atomic E-state index is 0.349. The lowest BCUT2D eigenvalue weighted by Gasteiger charge is -2.14. The monoisotopic (exact) mass is 213 g/mol. The van der Waals surface area contributed by atoms with Crippen molar-refractivity contribution in [1.82, 2.24) is 0 Å². The molecule has 0 unspecified atom stereocenters. The van der Waals surface area contributed by atoms with Gasteiger partial charge in [0, 0.05) is 11.7 Å². The maximum absolute atomic E-state index is 5.24. The lowest BCUT2D eigenvalue weighted by Crippen LogP contribution is -2.01. The van der Waals surface area contributed by atoms with Crippen LogP contribution in [0.1, 0.15) is 17.0 Å². The lowest BCUT2D eigenvalue weighted by atomic mass is 9.93. The third-order valence-electron chi connectivity index (χ3n) is 2.57. The van der Waals surface area contributed by atoms with E-state index in [2.05, 4.69) is 48.5 Å². The molecule has 1 heteroatoms. The number of hydrogen-bond acceptors (Lipinski definition) is 0. The first-order valence-electron chi connectivity index (χ1n) is 5.10. The molecule has 2 aromatic rings. The van der Waals surface area contributed by atoms with E-state index in [0.717, 1.165) is 5.75 Å². The van der Waals surface area contributed by atoms with Gasteiger partial charge in [0.25, 0.3) is 0 Å². The average Bonchev–Trinajstić information content (AvgIpc) is 2.33. The Bertz CT molecular complexity index is 355. The van der Waals surface area contributed by atoms with Crippen molar-refractivity contribution >= 4 is 12.6 Å². The van der Waals surface area contributed by atoms with Gasteiger partial charge in [-0.15, -0.1) is 0 Å². The molecule has 0 N–H and O–H groups in total. The Morgan fingerprint density at radius 3 is 1.47 bits per heavy atom. The van der Waals surface area contributed by atoms with E-state index in [-0.39, 0.29) is 0 Å². The largest absolute Gasteiger partial charge is 0.0931 e. The molecule has 0 heterocycles. The molecule has 75 valence electrons. The molecule has 0 nitrogen and oxygen atoms in total. The Kier molecular flexibility index (Phi) is 3.46. The van der Waals surface area contributed by atoms with Crippen molar-refractivity contribution < 1.29 is 0 Å². The number of hydrogen-bond donors (Lipinski definition) is 0. The molecular weight excluding hydrogens is 200 g/mol.